The number of hydrogen-bond donors (Lipinski definition) is 1. The van der Waals surface area contributed by atoms with E-state index in [1.165, 1.54) is 10.9 Å². The topological polar surface area (TPSA) is 37.6 Å². The summed E-state index contributed by atoms with van der Waals surface area (Å²) in [6.07, 6.45) is 0.930. The first-order valence-corrected chi connectivity index (χ1v) is 7.63. The van der Waals surface area contributed by atoms with Gasteiger partial charge in [0.15, 0.2) is 0 Å². The van der Waals surface area contributed by atoms with Crippen LogP contribution in [0.1, 0.15) is 18.2 Å². The molecule has 0 unspecified atom stereocenters. The molecule has 0 bridgehead atoms. The molecule has 0 atom stereocenters. The van der Waals surface area contributed by atoms with E-state index in [-0.39, 0.29) is 0 Å². The lowest BCUT2D eigenvalue weighted by molar-refractivity contribution is 0.161. The van der Waals surface area contributed by atoms with Crippen molar-refractivity contribution in [3.05, 3.63) is 35.6 Å². The molecule has 0 saturated heterocycles. The van der Waals surface area contributed by atoms with E-state index in [1.807, 2.05) is 12.1 Å². The Morgan fingerprint density at radius 3 is 2.81 bits per heavy atom. The van der Waals surface area contributed by atoms with Crippen molar-refractivity contribution in [2.24, 2.45) is 0 Å². The van der Waals surface area contributed by atoms with Crippen LogP contribution < -0.4 is 5.32 Å². The van der Waals surface area contributed by atoms with E-state index in [9.17, 15) is 0 Å². The Morgan fingerprint density at radius 2 is 2.05 bits per heavy atom. The van der Waals surface area contributed by atoms with Crippen molar-refractivity contribution in [3.63, 3.8) is 0 Å². The molecular formula is C17H26N2O2. The lowest BCUT2D eigenvalue weighted by Gasteiger charge is -2.16. The molecule has 0 fully saturated rings. The summed E-state index contributed by atoms with van der Waals surface area (Å²) < 4.78 is 11.0. The zero-order chi connectivity index (χ0) is 15.1. The van der Waals surface area contributed by atoms with Gasteiger partial charge in [0, 0.05) is 50.7 Å². The van der Waals surface area contributed by atoms with Crippen molar-refractivity contribution in [2.75, 3.05) is 40.4 Å². The maximum Gasteiger partial charge on any atom is 0.134 e. The highest BCUT2D eigenvalue weighted by Gasteiger charge is 2.11. The standard InChI is InChI=1S/C17H26N2O2/c1-4-16-15(14-7-5-6-8-17(14)21-16)13-18-9-10-19(2)11-12-20-3/h5-8,18H,4,9-13H2,1-3H3. The Balaban J connectivity index is 1.88. The third-order valence-corrected chi connectivity index (χ3v) is 3.75. The van der Waals surface area contributed by atoms with Crippen LogP contribution in [-0.4, -0.2) is 45.3 Å². The molecule has 1 aromatic carbocycles. The van der Waals surface area contributed by atoms with Crippen LogP contribution in [0.2, 0.25) is 0 Å². The lowest BCUT2D eigenvalue weighted by Crippen LogP contribution is -2.31. The van der Waals surface area contributed by atoms with E-state index in [1.54, 1.807) is 7.11 Å². The van der Waals surface area contributed by atoms with E-state index in [0.717, 1.165) is 50.5 Å². The van der Waals surface area contributed by atoms with Crippen LogP contribution in [0.4, 0.5) is 0 Å². The zero-order valence-corrected chi connectivity index (χ0v) is 13.3. The Hall–Kier alpha value is -1.36. The SMILES string of the molecule is CCc1oc2ccccc2c1CNCCN(C)CCOC. The highest BCUT2D eigenvalue weighted by molar-refractivity contribution is 5.82. The Labute approximate surface area is 127 Å². The van der Waals surface area contributed by atoms with Gasteiger partial charge in [-0.2, -0.15) is 0 Å². The molecule has 0 aliphatic carbocycles. The fourth-order valence-electron chi connectivity index (χ4n) is 2.47. The minimum Gasteiger partial charge on any atom is -0.461 e. The van der Waals surface area contributed by atoms with Crippen molar-refractivity contribution in [2.45, 2.75) is 19.9 Å². The number of nitrogens with zero attached hydrogens (tertiary/aromatic N) is 1. The van der Waals surface area contributed by atoms with Crippen molar-refractivity contribution >= 4 is 11.0 Å². The zero-order valence-electron chi connectivity index (χ0n) is 13.3. The maximum atomic E-state index is 5.91. The van der Waals surface area contributed by atoms with Crippen molar-refractivity contribution in [3.8, 4) is 0 Å². The summed E-state index contributed by atoms with van der Waals surface area (Å²) in [4.78, 5) is 2.27. The first-order valence-electron chi connectivity index (χ1n) is 7.63. The number of aryl methyl sites for hydroxylation is 1. The van der Waals surface area contributed by atoms with Gasteiger partial charge in [-0.15, -0.1) is 0 Å². The van der Waals surface area contributed by atoms with Crippen LogP contribution >= 0.6 is 0 Å². The average Bonchev–Trinajstić information content (AvgIpc) is 2.87. The molecule has 0 aliphatic rings. The maximum absolute atomic E-state index is 5.91. The summed E-state index contributed by atoms with van der Waals surface area (Å²) in [5.74, 6) is 1.09. The fourth-order valence-corrected chi connectivity index (χ4v) is 2.47. The summed E-state index contributed by atoms with van der Waals surface area (Å²) >= 11 is 0. The van der Waals surface area contributed by atoms with Crippen molar-refractivity contribution in [1.29, 1.82) is 0 Å². The molecule has 0 saturated carbocycles. The van der Waals surface area contributed by atoms with E-state index >= 15 is 0 Å². The summed E-state index contributed by atoms with van der Waals surface area (Å²) in [5, 5.41) is 4.75. The molecule has 0 aliphatic heterocycles. The Kier molecular flexibility index (Phi) is 6.23. The number of fused-ring (bicyclic) bond motifs is 1. The molecule has 116 valence electrons. The second-order valence-corrected chi connectivity index (χ2v) is 5.33. The number of nitrogens with one attached hydrogen (secondary N) is 1. The van der Waals surface area contributed by atoms with Crippen molar-refractivity contribution in [1.82, 2.24) is 10.2 Å². The van der Waals surface area contributed by atoms with Gasteiger partial charge in [0.2, 0.25) is 0 Å². The number of methoxy groups -OCH3 is 1. The summed E-state index contributed by atoms with van der Waals surface area (Å²) in [6.45, 7) is 6.72. The second kappa shape index (κ2) is 8.17. The van der Waals surface area contributed by atoms with Crippen LogP contribution in [0.3, 0.4) is 0 Å². The highest BCUT2D eigenvalue weighted by Crippen LogP contribution is 2.25. The quantitative estimate of drug-likeness (QED) is 0.721. The molecule has 1 aromatic heterocycles. The summed E-state index contributed by atoms with van der Waals surface area (Å²) in [7, 11) is 3.85. The van der Waals surface area contributed by atoms with Gasteiger partial charge < -0.3 is 19.4 Å². The van der Waals surface area contributed by atoms with Crippen LogP contribution in [0.15, 0.2) is 28.7 Å². The van der Waals surface area contributed by atoms with Crippen LogP contribution in [0, 0.1) is 0 Å². The number of para-hydroxylation sites is 1. The highest BCUT2D eigenvalue weighted by atomic mass is 16.5. The van der Waals surface area contributed by atoms with Gasteiger partial charge in [-0.25, -0.2) is 0 Å². The molecule has 1 N–H and O–H groups in total. The lowest BCUT2D eigenvalue weighted by atomic mass is 10.1. The molecular weight excluding hydrogens is 264 g/mol. The van der Waals surface area contributed by atoms with Gasteiger partial charge in [0.05, 0.1) is 6.61 Å². The first kappa shape index (κ1) is 16.0. The predicted molar refractivity (Wildman–Crippen MR) is 86.7 cm³/mol. The molecule has 4 nitrogen and oxygen atoms in total. The molecule has 0 amide bonds. The van der Waals surface area contributed by atoms with Gasteiger partial charge >= 0.3 is 0 Å². The molecule has 0 radical (unpaired) electrons. The molecule has 2 rings (SSSR count). The monoisotopic (exact) mass is 290 g/mol. The van der Waals surface area contributed by atoms with E-state index in [4.69, 9.17) is 9.15 Å². The van der Waals surface area contributed by atoms with Gasteiger partial charge in [0.25, 0.3) is 0 Å². The number of ether oxygens (including phenoxy) is 1. The number of rotatable bonds is 9. The van der Waals surface area contributed by atoms with Gasteiger partial charge in [-0.1, -0.05) is 25.1 Å². The second-order valence-electron chi connectivity index (χ2n) is 5.33. The molecule has 21 heavy (non-hydrogen) atoms. The van der Waals surface area contributed by atoms with Crippen LogP contribution in [0.25, 0.3) is 11.0 Å². The van der Waals surface area contributed by atoms with E-state index in [0.29, 0.717) is 0 Å². The van der Waals surface area contributed by atoms with E-state index in [2.05, 4.69) is 36.3 Å². The summed E-state index contributed by atoms with van der Waals surface area (Å²) in [6, 6.07) is 8.27. The Bertz CT molecular complexity index is 551. The minimum absolute atomic E-state index is 0.781. The third-order valence-electron chi connectivity index (χ3n) is 3.75. The molecule has 1 heterocycles. The third kappa shape index (κ3) is 4.30. The molecule has 2 aromatic rings. The van der Waals surface area contributed by atoms with Crippen molar-refractivity contribution < 1.29 is 9.15 Å². The number of hydrogen-bond acceptors (Lipinski definition) is 4. The van der Waals surface area contributed by atoms with Gasteiger partial charge in [-0.3, -0.25) is 0 Å². The van der Waals surface area contributed by atoms with Crippen LogP contribution in [0.5, 0.6) is 0 Å². The smallest absolute Gasteiger partial charge is 0.134 e. The Morgan fingerprint density at radius 1 is 1.24 bits per heavy atom. The first-order chi connectivity index (χ1) is 10.3. The van der Waals surface area contributed by atoms with Crippen LogP contribution in [-0.2, 0) is 17.7 Å². The molecule has 0 spiro atoms. The van der Waals surface area contributed by atoms with E-state index < -0.39 is 0 Å². The number of likely N-dealkylation sites (N-methyl/N-ethyl adjacent to an activating group) is 1. The largest absolute Gasteiger partial charge is 0.461 e. The normalized spacial score (nSPS) is 11.6. The van der Waals surface area contributed by atoms with Gasteiger partial charge in [0.1, 0.15) is 11.3 Å². The van der Waals surface area contributed by atoms with Gasteiger partial charge in [-0.05, 0) is 13.1 Å². The fraction of sp³-hybridized carbons (Fsp3) is 0.529. The molecule has 4 heteroatoms. The predicted octanol–water partition coefficient (Wildman–Crippen LogP) is 2.66. The minimum atomic E-state index is 0.781. The number of benzene rings is 1. The number of furan rings is 1. The average molecular weight is 290 g/mol. The summed E-state index contributed by atoms with van der Waals surface area (Å²) in [5.41, 5.74) is 2.29.